The summed E-state index contributed by atoms with van der Waals surface area (Å²) in [6, 6.07) is 15.9. The van der Waals surface area contributed by atoms with Crippen molar-refractivity contribution in [2.75, 3.05) is 0 Å². The molecule has 0 aromatic carbocycles. The standard InChI is InChI=1S/C25H26BFN5/c1-17-13-19(3)30-23(17)25(24-18(2)14-20(4)32(24)26-27)31(15-21-9-5-7-11-28-21)16-22-10-6-8-12-29-22/h5-14H,15-16H2,1-4H3/p+1. The van der Waals surface area contributed by atoms with Gasteiger partial charge < -0.3 is 13.8 Å². The van der Waals surface area contributed by atoms with E-state index in [0.717, 1.165) is 51.0 Å². The van der Waals surface area contributed by atoms with E-state index in [9.17, 15) is 4.32 Å². The summed E-state index contributed by atoms with van der Waals surface area (Å²) in [5.41, 5.74) is 8.58. The molecule has 0 aliphatic carbocycles. The number of hydrogen-bond acceptors (Lipinski definition) is 2. The Morgan fingerprint density at radius 3 is 2.03 bits per heavy atom. The summed E-state index contributed by atoms with van der Waals surface area (Å²) in [5, 5.41) is 0. The highest BCUT2D eigenvalue weighted by atomic mass is 19.1. The van der Waals surface area contributed by atoms with Gasteiger partial charge in [0.25, 0.3) is 0 Å². The fraction of sp³-hybridized carbons (Fsp3) is 0.240. The number of hydrogen-bond donors (Lipinski definition) is 1. The van der Waals surface area contributed by atoms with Gasteiger partial charge in [-0.1, -0.05) is 12.1 Å². The molecule has 4 rings (SSSR count). The van der Waals surface area contributed by atoms with Crippen molar-refractivity contribution >= 4 is 13.4 Å². The zero-order valence-electron chi connectivity index (χ0n) is 18.9. The molecule has 0 fully saturated rings. The molecule has 7 heteroatoms. The lowest BCUT2D eigenvalue weighted by Crippen LogP contribution is -2.28. The fourth-order valence-corrected chi connectivity index (χ4v) is 4.23. The molecule has 0 aliphatic heterocycles. The smallest absolute Gasteiger partial charge is 0.357 e. The Hall–Kier alpha value is -3.48. The van der Waals surface area contributed by atoms with E-state index in [1.807, 2.05) is 63.2 Å². The Kier molecular flexibility index (Phi) is 6.35. The van der Waals surface area contributed by atoms with E-state index in [1.54, 1.807) is 16.9 Å². The normalized spacial score (nSPS) is 10.9. The largest absolute Gasteiger partial charge is 0.495 e. The van der Waals surface area contributed by atoms with E-state index >= 15 is 0 Å². The summed E-state index contributed by atoms with van der Waals surface area (Å²) in [4.78, 5) is 12.6. The molecule has 0 saturated carbocycles. The Morgan fingerprint density at radius 1 is 0.938 bits per heavy atom. The molecule has 1 radical (unpaired) electrons. The molecule has 32 heavy (non-hydrogen) atoms. The van der Waals surface area contributed by atoms with Crippen molar-refractivity contribution in [3.63, 3.8) is 0 Å². The van der Waals surface area contributed by atoms with E-state index in [2.05, 4.69) is 32.5 Å². The summed E-state index contributed by atoms with van der Waals surface area (Å²) >= 11 is 0. The van der Waals surface area contributed by atoms with Gasteiger partial charge in [-0.3, -0.25) is 9.97 Å². The molecule has 1 N–H and O–H groups in total. The Labute approximate surface area is 189 Å². The quantitative estimate of drug-likeness (QED) is 0.269. The monoisotopic (exact) mass is 427 g/mol. The lowest BCUT2D eigenvalue weighted by atomic mass is 10.0. The van der Waals surface area contributed by atoms with Crippen LogP contribution in [0.25, 0.3) is 0 Å². The zero-order chi connectivity index (χ0) is 22.7. The number of aromatic nitrogens is 4. The van der Waals surface area contributed by atoms with Crippen molar-refractivity contribution < 1.29 is 8.89 Å². The van der Waals surface area contributed by atoms with Gasteiger partial charge in [-0.2, -0.15) is 0 Å². The molecule has 5 nitrogen and oxygen atoms in total. The molecule has 0 saturated heterocycles. The highest BCUT2D eigenvalue weighted by Crippen LogP contribution is 2.23. The lowest BCUT2D eigenvalue weighted by Gasteiger charge is -2.14. The van der Waals surface area contributed by atoms with Gasteiger partial charge in [0.2, 0.25) is 5.71 Å². The van der Waals surface area contributed by atoms with E-state index in [4.69, 9.17) is 0 Å². The van der Waals surface area contributed by atoms with Gasteiger partial charge in [0.15, 0.2) is 13.1 Å². The van der Waals surface area contributed by atoms with Gasteiger partial charge >= 0.3 is 7.69 Å². The lowest BCUT2D eigenvalue weighted by molar-refractivity contribution is -0.560. The number of halogens is 1. The maximum Gasteiger partial charge on any atom is 0.495 e. The molecule has 4 aromatic rings. The first kappa shape index (κ1) is 21.7. The van der Waals surface area contributed by atoms with Crippen LogP contribution in [0.3, 0.4) is 0 Å². The van der Waals surface area contributed by atoms with Crippen molar-refractivity contribution in [3.05, 3.63) is 106 Å². The number of nitrogens with one attached hydrogen (secondary N) is 1. The van der Waals surface area contributed by atoms with Crippen molar-refractivity contribution in [1.29, 1.82) is 0 Å². The second kappa shape index (κ2) is 9.34. The topological polar surface area (TPSA) is 49.5 Å². The highest BCUT2D eigenvalue weighted by Gasteiger charge is 2.30. The fourth-order valence-electron chi connectivity index (χ4n) is 4.23. The van der Waals surface area contributed by atoms with Crippen LogP contribution in [0.5, 0.6) is 0 Å². The summed E-state index contributed by atoms with van der Waals surface area (Å²) in [6.07, 6.45) is 3.59. The zero-order valence-corrected chi connectivity index (χ0v) is 18.9. The van der Waals surface area contributed by atoms with Gasteiger partial charge in [-0.15, -0.1) is 0 Å². The van der Waals surface area contributed by atoms with Gasteiger partial charge in [0, 0.05) is 23.8 Å². The van der Waals surface area contributed by atoms with E-state index < -0.39 is 0 Å². The van der Waals surface area contributed by atoms with Crippen molar-refractivity contribution in [3.8, 4) is 0 Å². The van der Waals surface area contributed by atoms with Crippen LogP contribution >= 0.6 is 0 Å². The third kappa shape index (κ3) is 4.42. The number of pyridine rings is 2. The predicted octanol–water partition coefficient (Wildman–Crippen LogP) is 4.44. The number of aryl methyl sites for hydroxylation is 4. The van der Waals surface area contributed by atoms with Crippen LogP contribution in [0, 0.1) is 27.7 Å². The average molecular weight is 427 g/mol. The van der Waals surface area contributed by atoms with Gasteiger partial charge in [-0.05, 0) is 75.2 Å². The van der Waals surface area contributed by atoms with Crippen LogP contribution < -0.4 is 0 Å². The van der Waals surface area contributed by atoms with E-state index in [-0.39, 0.29) is 0 Å². The van der Waals surface area contributed by atoms with Crippen molar-refractivity contribution in [2.45, 2.75) is 40.8 Å². The van der Waals surface area contributed by atoms with Gasteiger partial charge in [0.1, 0.15) is 22.8 Å². The predicted molar refractivity (Wildman–Crippen MR) is 126 cm³/mol. The Morgan fingerprint density at radius 2 is 1.56 bits per heavy atom. The Balaban J connectivity index is 2.02. The first-order valence-corrected chi connectivity index (χ1v) is 10.7. The summed E-state index contributed by atoms with van der Waals surface area (Å²) in [6.45, 7) is 9.16. The third-order valence-corrected chi connectivity index (χ3v) is 5.60. The number of rotatable bonds is 7. The molecular formula is C25H27BFN5+. The third-order valence-electron chi connectivity index (χ3n) is 5.60. The van der Waals surface area contributed by atoms with Crippen LogP contribution in [-0.2, 0) is 13.1 Å². The molecule has 4 heterocycles. The highest BCUT2D eigenvalue weighted by molar-refractivity contribution is 6.27. The second-order valence-corrected chi connectivity index (χ2v) is 8.14. The van der Waals surface area contributed by atoms with Crippen molar-refractivity contribution in [2.24, 2.45) is 0 Å². The first-order chi connectivity index (χ1) is 15.5. The molecule has 4 aromatic heterocycles. The SMILES string of the molecule is Cc1cc(C)c(C(c2c(C)cc(C)n2[B]F)=[N+](Cc2ccccn2)Cc2ccccn2)[nH]1. The molecule has 161 valence electrons. The Bertz CT molecular complexity index is 1200. The molecular weight excluding hydrogens is 400 g/mol. The number of aromatic amines is 1. The summed E-state index contributed by atoms with van der Waals surface area (Å²) in [7, 11) is 0.641. The maximum absolute atomic E-state index is 14.1. The maximum atomic E-state index is 14.1. The van der Waals surface area contributed by atoms with Crippen molar-refractivity contribution in [1.82, 2.24) is 19.4 Å². The van der Waals surface area contributed by atoms with Gasteiger partial charge in [0.05, 0.1) is 0 Å². The minimum Gasteiger partial charge on any atom is -0.357 e. The molecule has 0 amide bonds. The van der Waals surface area contributed by atoms with Crippen LogP contribution in [0.2, 0.25) is 0 Å². The molecule has 0 bridgehead atoms. The minimum absolute atomic E-state index is 0.556. The van der Waals surface area contributed by atoms with Crippen LogP contribution in [-0.4, -0.2) is 37.4 Å². The molecule has 0 spiro atoms. The van der Waals surface area contributed by atoms with Gasteiger partial charge in [-0.25, -0.2) is 4.58 Å². The second-order valence-electron chi connectivity index (χ2n) is 8.14. The van der Waals surface area contributed by atoms with Crippen LogP contribution in [0.15, 0.2) is 60.9 Å². The van der Waals surface area contributed by atoms with Crippen LogP contribution in [0.4, 0.5) is 4.32 Å². The number of nitrogens with zero attached hydrogens (tertiary/aromatic N) is 4. The average Bonchev–Trinajstić information content (AvgIpc) is 3.26. The molecule has 0 unspecified atom stereocenters. The summed E-state index contributed by atoms with van der Waals surface area (Å²) < 4.78 is 18.0. The minimum atomic E-state index is 0.556. The summed E-state index contributed by atoms with van der Waals surface area (Å²) in [5.74, 6) is 0. The van der Waals surface area contributed by atoms with E-state index in [0.29, 0.717) is 20.8 Å². The van der Waals surface area contributed by atoms with Crippen LogP contribution in [0.1, 0.15) is 45.3 Å². The molecule has 0 atom stereocenters. The molecule has 0 aliphatic rings. The first-order valence-electron chi connectivity index (χ1n) is 10.7. The van der Waals surface area contributed by atoms with E-state index in [1.165, 1.54) is 0 Å². The number of H-pyrrole nitrogens is 1.